The van der Waals surface area contributed by atoms with Crippen LogP contribution in [-0.4, -0.2) is 49.1 Å². The van der Waals surface area contributed by atoms with Crippen molar-refractivity contribution in [2.45, 2.75) is 70.4 Å². The van der Waals surface area contributed by atoms with Gasteiger partial charge < -0.3 is 10.6 Å². The number of amides is 1. The largest absolute Gasteiger partial charge is 0.355 e. The van der Waals surface area contributed by atoms with Crippen LogP contribution < -0.4 is 10.6 Å². The fraction of sp³-hybridized carbons (Fsp3) is 0.944. The molecule has 2 N–H and O–H groups in total. The van der Waals surface area contributed by atoms with Crippen LogP contribution in [0.2, 0.25) is 0 Å². The van der Waals surface area contributed by atoms with Crippen molar-refractivity contribution < 1.29 is 4.79 Å². The van der Waals surface area contributed by atoms with Crippen molar-refractivity contribution in [1.82, 2.24) is 15.5 Å². The first kappa shape index (κ1) is 16.3. The molecule has 2 aliphatic carbocycles. The molecule has 1 aliphatic heterocycles. The zero-order chi connectivity index (χ0) is 15.4. The van der Waals surface area contributed by atoms with Gasteiger partial charge in [-0.1, -0.05) is 19.8 Å². The molecule has 3 fully saturated rings. The number of fused-ring (bicyclic) bond motifs is 1. The number of carbonyl (C=O) groups is 1. The van der Waals surface area contributed by atoms with Gasteiger partial charge in [0.2, 0.25) is 5.91 Å². The first-order valence-corrected chi connectivity index (χ1v) is 9.51. The summed E-state index contributed by atoms with van der Waals surface area (Å²) in [6, 6.07) is 1.47. The number of piperidine rings is 1. The average Bonchev–Trinajstić information content (AvgIpc) is 3.12. The Bertz CT molecular complexity index is 365. The lowest BCUT2D eigenvalue weighted by Gasteiger charge is -2.34. The van der Waals surface area contributed by atoms with Crippen molar-refractivity contribution in [3.05, 3.63) is 0 Å². The van der Waals surface area contributed by atoms with E-state index in [1.165, 1.54) is 44.9 Å². The van der Waals surface area contributed by atoms with Crippen LogP contribution in [0.15, 0.2) is 0 Å². The number of hydrogen-bond acceptors (Lipinski definition) is 3. The number of carbonyl (C=O) groups excluding carboxylic acids is 1. The molecule has 126 valence electrons. The Balaban J connectivity index is 1.36. The quantitative estimate of drug-likeness (QED) is 0.790. The fourth-order valence-corrected chi connectivity index (χ4v) is 4.85. The van der Waals surface area contributed by atoms with Crippen LogP contribution in [0, 0.1) is 11.8 Å². The van der Waals surface area contributed by atoms with Crippen LogP contribution >= 0.6 is 0 Å². The van der Waals surface area contributed by atoms with E-state index in [1.807, 2.05) is 0 Å². The lowest BCUT2D eigenvalue weighted by atomic mass is 9.95. The molecule has 1 saturated heterocycles. The maximum absolute atomic E-state index is 11.8. The predicted octanol–water partition coefficient (Wildman–Crippen LogP) is 2.15. The molecule has 0 aromatic rings. The van der Waals surface area contributed by atoms with Crippen LogP contribution in [0.25, 0.3) is 0 Å². The zero-order valence-electron chi connectivity index (χ0n) is 14.2. The highest BCUT2D eigenvalue weighted by Crippen LogP contribution is 2.44. The molecule has 0 aromatic heterocycles. The van der Waals surface area contributed by atoms with Gasteiger partial charge in [-0.05, 0) is 50.4 Å². The summed E-state index contributed by atoms with van der Waals surface area (Å²) in [5, 5.41) is 6.95. The van der Waals surface area contributed by atoms with Gasteiger partial charge in [0.05, 0.1) is 6.54 Å². The van der Waals surface area contributed by atoms with Gasteiger partial charge in [-0.15, -0.1) is 0 Å². The highest BCUT2D eigenvalue weighted by molar-refractivity contribution is 5.77. The molecule has 2 saturated carbocycles. The van der Waals surface area contributed by atoms with Gasteiger partial charge in [-0.25, -0.2) is 0 Å². The van der Waals surface area contributed by atoms with Crippen molar-refractivity contribution in [2.24, 2.45) is 11.8 Å². The fourth-order valence-electron chi connectivity index (χ4n) is 4.85. The summed E-state index contributed by atoms with van der Waals surface area (Å²) >= 11 is 0. The van der Waals surface area contributed by atoms with Crippen LogP contribution in [0.3, 0.4) is 0 Å². The van der Waals surface area contributed by atoms with Crippen molar-refractivity contribution in [3.8, 4) is 0 Å². The highest BCUT2D eigenvalue weighted by Gasteiger charge is 2.39. The van der Waals surface area contributed by atoms with E-state index in [4.69, 9.17) is 0 Å². The molecule has 22 heavy (non-hydrogen) atoms. The molecule has 0 aromatic carbocycles. The number of hydrogen-bond donors (Lipinski definition) is 2. The van der Waals surface area contributed by atoms with E-state index in [9.17, 15) is 4.79 Å². The van der Waals surface area contributed by atoms with Crippen LogP contribution in [-0.2, 0) is 4.79 Å². The van der Waals surface area contributed by atoms with Crippen molar-refractivity contribution in [2.75, 3.05) is 26.2 Å². The van der Waals surface area contributed by atoms with Crippen molar-refractivity contribution in [3.63, 3.8) is 0 Å². The Hall–Kier alpha value is -0.610. The van der Waals surface area contributed by atoms with Crippen molar-refractivity contribution in [1.29, 1.82) is 0 Å². The van der Waals surface area contributed by atoms with Gasteiger partial charge in [0.25, 0.3) is 0 Å². The Morgan fingerprint density at radius 2 is 1.91 bits per heavy atom. The summed E-state index contributed by atoms with van der Waals surface area (Å²) < 4.78 is 0. The average molecular weight is 307 g/mol. The highest BCUT2D eigenvalue weighted by atomic mass is 16.2. The summed E-state index contributed by atoms with van der Waals surface area (Å²) in [4.78, 5) is 14.1. The van der Waals surface area contributed by atoms with Gasteiger partial charge >= 0.3 is 0 Å². The van der Waals surface area contributed by atoms with E-state index in [0.29, 0.717) is 12.6 Å². The minimum Gasteiger partial charge on any atom is -0.355 e. The Kier molecular flexibility index (Phi) is 5.75. The smallest absolute Gasteiger partial charge is 0.234 e. The maximum Gasteiger partial charge on any atom is 0.234 e. The summed E-state index contributed by atoms with van der Waals surface area (Å²) in [6.45, 7) is 5.62. The lowest BCUT2D eigenvalue weighted by molar-refractivity contribution is -0.122. The van der Waals surface area contributed by atoms with E-state index in [0.717, 1.165) is 43.9 Å². The molecule has 3 aliphatic rings. The number of rotatable bonds is 6. The van der Waals surface area contributed by atoms with E-state index in [1.54, 1.807) is 0 Å². The summed E-state index contributed by atoms with van der Waals surface area (Å²) in [6.07, 6.45) is 10.7. The third kappa shape index (κ3) is 4.02. The van der Waals surface area contributed by atoms with E-state index < -0.39 is 0 Å². The second kappa shape index (κ2) is 7.78. The molecular weight excluding hydrogens is 274 g/mol. The maximum atomic E-state index is 11.8. The molecule has 4 nitrogen and oxygen atoms in total. The molecule has 1 heterocycles. The minimum absolute atomic E-state index is 0.192. The first-order valence-electron chi connectivity index (χ1n) is 9.51. The third-order valence-corrected chi connectivity index (χ3v) is 6.06. The summed E-state index contributed by atoms with van der Waals surface area (Å²) in [7, 11) is 0. The molecule has 3 atom stereocenters. The molecule has 0 radical (unpaired) electrons. The topological polar surface area (TPSA) is 44.4 Å². The zero-order valence-corrected chi connectivity index (χ0v) is 14.2. The summed E-state index contributed by atoms with van der Waals surface area (Å²) in [5.74, 6) is 2.19. The Labute approximate surface area is 135 Å². The van der Waals surface area contributed by atoms with Gasteiger partial charge in [0.1, 0.15) is 0 Å². The van der Waals surface area contributed by atoms with E-state index in [2.05, 4.69) is 22.5 Å². The minimum atomic E-state index is 0.192. The number of nitrogens with zero attached hydrogens (tertiary/aromatic N) is 1. The predicted molar refractivity (Wildman–Crippen MR) is 89.8 cm³/mol. The second-order valence-corrected chi connectivity index (χ2v) is 7.61. The third-order valence-electron chi connectivity index (χ3n) is 6.06. The Morgan fingerprint density at radius 1 is 1.09 bits per heavy atom. The van der Waals surface area contributed by atoms with Crippen LogP contribution in [0.5, 0.6) is 0 Å². The number of likely N-dealkylation sites (tertiary alicyclic amines) is 1. The van der Waals surface area contributed by atoms with Gasteiger partial charge in [0.15, 0.2) is 0 Å². The van der Waals surface area contributed by atoms with Crippen LogP contribution in [0.4, 0.5) is 0 Å². The Morgan fingerprint density at radius 3 is 2.68 bits per heavy atom. The van der Waals surface area contributed by atoms with Gasteiger partial charge in [-0.2, -0.15) is 0 Å². The lowest BCUT2D eigenvalue weighted by Crippen LogP contribution is -2.49. The van der Waals surface area contributed by atoms with Crippen LogP contribution in [0.1, 0.15) is 58.3 Å². The molecule has 4 heteroatoms. The molecule has 0 spiro atoms. The van der Waals surface area contributed by atoms with Crippen molar-refractivity contribution >= 4 is 5.91 Å². The van der Waals surface area contributed by atoms with E-state index in [-0.39, 0.29) is 5.91 Å². The SMILES string of the molecule is CCCNC(=O)CN1CCC(NC2CC[C@@H]3CCC[C@H]23)CC1. The standard InChI is InChI=1S/C18H33N3O/c1-2-10-19-18(22)13-21-11-8-15(9-12-21)20-17-7-6-14-4-3-5-16(14)17/h14-17,20H,2-13H2,1H3,(H,19,22)/t14-,16-,17?/m0/s1. The van der Waals surface area contributed by atoms with Gasteiger partial charge in [0, 0.05) is 31.7 Å². The molecule has 1 unspecified atom stereocenters. The molecule has 3 rings (SSSR count). The van der Waals surface area contributed by atoms with E-state index >= 15 is 0 Å². The normalized spacial score (nSPS) is 33.0. The van der Waals surface area contributed by atoms with Gasteiger partial charge in [-0.3, -0.25) is 9.69 Å². The molecule has 0 bridgehead atoms. The summed E-state index contributed by atoms with van der Waals surface area (Å²) in [5.41, 5.74) is 0. The first-order chi connectivity index (χ1) is 10.8. The monoisotopic (exact) mass is 307 g/mol. The second-order valence-electron chi connectivity index (χ2n) is 7.61. The molecule has 1 amide bonds. The number of nitrogens with one attached hydrogen (secondary N) is 2. The molecular formula is C18H33N3O.